The number of hydrogen-bond acceptors (Lipinski definition) is 6. The number of thioether (sulfide) groups is 1. The van der Waals surface area contributed by atoms with Crippen LogP contribution >= 0.6 is 11.8 Å². The van der Waals surface area contributed by atoms with E-state index in [-0.39, 0.29) is 10.8 Å². The molecule has 0 spiro atoms. The monoisotopic (exact) mass is 450 g/mol. The predicted molar refractivity (Wildman–Crippen MR) is 116 cm³/mol. The van der Waals surface area contributed by atoms with Crippen LogP contribution in [-0.2, 0) is 10.0 Å². The van der Waals surface area contributed by atoms with Crippen molar-refractivity contribution in [1.82, 2.24) is 19.4 Å². The van der Waals surface area contributed by atoms with Gasteiger partial charge in [-0.3, -0.25) is 9.89 Å². The van der Waals surface area contributed by atoms with Crippen molar-refractivity contribution in [3.63, 3.8) is 0 Å². The van der Waals surface area contributed by atoms with Gasteiger partial charge in [0.05, 0.1) is 12.8 Å². The molecule has 1 amide bonds. The summed E-state index contributed by atoms with van der Waals surface area (Å²) in [4.78, 5) is 14.6. The Bertz CT molecular complexity index is 1010. The van der Waals surface area contributed by atoms with Crippen molar-refractivity contribution < 1.29 is 17.9 Å². The minimum Gasteiger partial charge on any atom is -0.495 e. The summed E-state index contributed by atoms with van der Waals surface area (Å²) in [5.74, 6) is 2.09. The zero-order chi connectivity index (χ0) is 21.1. The lowest BCUT2D eigenvalue weighted by Crippen LogP contribution is -2.38. The number of carbonyl (C=O) groups excluding carboxylic acids is 1. The first kappa shape index (κ1) is 21.2. The first-order chi connectivity index (χ1) is 14.5. The number of aromatic nitrogens is 2. The molecular formula is C20H26N4O4S2. The van der Waals surface area contributed by atoms with Gasteiger partial charge >= 0.3 is 0 Å². The molecule has 0 saturated carbocycles. The molecule has 0 atom stereocenters. The quantitative estimate of drug-likeness (QED) is 0.752. The van der Waals surface area contributed by atoms with Crippen LogP contribution in [0.1, 0.15) is 29.8 Å². The lowest BCUT2D eigenvalue weighted by molar-refractivity contribution is 0.0766. The zero-order valence-electron chi connectivity index (χ0n) is 17.0. The Labute approximate surface area is 181 Å². The van der Waals surface area contributed by atoms with Gasteiger partial charge in [0.2, 0.25) is 10.0 Å². The Balaban J connectivity index is 1.63. The Morgan fingerprint density at radius 2 is 1.83 bits per heavy atom. The van der Waals surface area contributed by atoms with Gasteiger partial charge in [0.15, 0.2) is 0 Å². The van der Waals surface area contributed by atoms with Crippen LogP contribution in [0.3, 0.4) is 0 Å². The fraction of sp³-hybridized carbons (Fsp3) is 0.500. The average molecular weight is 451 g/mol. The molecule has 0 aliphatic carbocycles. The number of benzene rings is 1. The number of hydrogen-bond donors (Lipinski definition) is 1. The van der Waals surface area contributed by atoms with Gasteiger partial charge in [-0.05, 0) is 37.1 Å². The first-order valence-electron chi connectivity index (χ1n) is 10.1. The SMILES string of the molecule is COc1ccc(-c2cc(C(=O)N3CCSCC3)[nH]n2)cc1S(=O)(=O)N1CCCCC1. The molecule has 30 heavy (non-hydrogen) atoms. The molecule has 0 unspecified atom stereocenters. The molecule has 2 aliphatic heterocycles. The maximum absolute atomic E-state index is 13.2. The Kier molecular flexibility index (Phi) is 6.35. The van der Waals surface area contributed by atoms with Crippen LogP contribution in [0.4, 0.5) is 0 Å². The lowest BCUT2D eigenvalue weighted by Gasteiger charge is -2.26. The van der Waals surface area contributed by atoms with E-state index in [0.717, 1.165) is 43.9 Å². The third kappa shape index (κ3) is 4.21. The number of H-pyrrole nitrogens is 1. The molecule has 2 fully saturated rings. The number of nitrogens with one attached hydrogen (secondary N) is 1. The summed E-state index contributed by atoms with van der Waals surface area (Å²) in [6.45, 7) is 2.48. The molecule has 0 radical (unpaired) electrons. The highest BCUT2D eigenvalue weighted by molar-refractivity contribution is 7.99. The van der Waals surface area contributed by atoms with Crippen LogP contribution in [0.5, 0.6) is 5.75 Å². The molecule has 162 valence electrons. The molecule has 2 aliphatic rings. The van der Waals surface area contributed by atoms with Crippen molar-refractivity contribution in [2.45, 2.75) is 24.2 Å². The van der Waals surface area contributed by atoms with Crippen molar-refractivity contribution >= 4 is 27.7 Å². The van der Waals surface area contributed by atoms with Crippen LogP contribution in [0.2, 0.25) is 0 Å². The minimum atomic E-state index is -3.67. The number of sulfonamides is 1. The number of methoxy groups -OCH3 is 1. The van der Waals surface area contributed by atoms with Gasteiger partial charge < -0.3 is 9.64 Å². The van der Waals surface area contributed by atoms with Crippen LogP contribution in [0.15, 0.2) is 29.2 Å². The van der Waals surface area contributed by atoms with E-state index in [4.69, 9.17) is 4.74 Å². The summed E-state index contributed by atoms with van der Waals surface area (Å²) in [5, 5.41) is 7.08. The van der Waals surface area contributed by atoms with Crippen molar-refractivity contribution in [2.24, 2.45) is 0 Å². The number of amides is 1. The highest BCUT2D eigenvalue weighted by Gasteiger charge is 2.29. The number of carbonyl (C=O) groups is 1. The Morgan fingerprint density at radius 3 is 2.53 bits per heavy atom. The van der Waals surface area contributed by atoms with Crippen molar-refractivity contribution in [1.29, 1.82) is 0 Å². The number of piperidine rings is 1. The molecule has 2 saturated heterocycles. The topological polar surface area (TPSA) is 95.6 Å². The summed E-state index contributed by atoms with van der Waals surface area (Å²) in [5.41, 5.74) is 1.56. The van der Waals surface area contributed by atoms with Crippen LogP contribution in [0, 0.1) is 0 Å². The molecule has 1 aromatic carbocycles. The second kappa shape index (κ2) is 8.99. The first-order valence-corrected chi connectivity index (χ1v) is 12.7. The van der Waals surface area contributed by atoms with E-state index in [1.54, 1.807) is 24.3 Å². The van der Waals surface area contributed by atoms with E-state index in [0.29, 0.717) is 35.8 Å². The minimum absolute atomic E-state index is 0.0799. The smallest absolute Gasteiger partial charge is 0.271 e. The molecule has 0 bridgehead atoms. The van der Waals surface area contributed by atoms with Gasteiger partial charge in [-0.1, -0.05) is 6.42 Å². The summed E-state index contributed by atoms with van der Waals surface area (Å²) in [6, 6.07) is 6.67. The Hall–Kier alpha value is -2.04. The molecule has 1 N–H and O–H groups in total. The maximum Gasteiger partial charge on any atom is 0.271 e. The second-order valence-corrected chi connectivity index (χ2v) is 10.5. The molecule has 1 aromatic heterocycles. The third-order valence-corrected chi connectivity index (χ3v) is 8.36. The van der Waals surface area contributed by atoms with Gasteiger partial charge in [0.25, 0.3) is 5.91 Å². The van der Waals surface area contributed by atoms with Crippen LogP contribution in [-0.4, -0.2) is 78.5 Å². The number of ether oxygens (including phenoxy) is 1. The second-order valence-electron chi connectivity index (χ2n) is 7.40. The standard InChI is InChI=1S/C20H26N4O4S2/c1-28-18-6-5-15(13-19(18)30(26,27)24-7-3-2-4-8-24)16-14-17(22-21-16)20(25)23-9-11-29-12-10-23/h5-6,13-14H,2-4,7-12H2,1H3,(H,21,22). The summed E-state index contributed by atoms with van der Waals surface area (Å²) in [6.07, 6.45) is 2.77. The van der Waals surface area contributed by atoms with E-state index < -0.39 is 10.0 Å². The van der Waals surface area contributed by atoms with Crippen molar-refractivity contribution in [3.8, 4) is 17.0 Å². The highest BCUT2D eigenvalue weighted by Crippen LogP contribution is 2.32. The van der Waals surface area contributed by atoms with Gasteiger partial charge in [-0.25, -0.2) is 8.42 Å². The van der Waals surface area contributed by atoms with Crippen LogP contribution < -0.4 is 4.74 Å². The normalized spacial score (nSPS) is 18.4. The highest BCUT2D eigenvalue weighted by atomic mass is 32.2. The Morgan fingerprint density at radius 1 is 1.10 bits per heavy atom. The van der Waals surface area contributed by atoms with E-state index in [1.165, 1.54) is 11.4 Å². The van der Waals surface area contributed by atoms with Crippen LogP contribution in [0.25, 0.3) is 11.3 Å². The fourth-order valence-electron chi connectivity index (χ4n) is 3.80. The largest absolute Gasteiger partial charge is 0.495 e. The maximum atomic E-state index is 13.2. The molecule has 10 heteroatoms. The van der Waals surface area contributed by atoms with E-state index in [2.05, 4.69) is 10.2 Å². The van der Waals surface area contributed by atoms with Crippen molar-refractivity contribution in [2.75, 3.05) is 44.8 Å². The fourth-order valence-corrected chi connectivity index (χ4v) is 6.40. The van der Waals surface area contributed by atoms with Crippen molar-refractivity contribution in [3.05, 3.63) is 30.0 Å². The van der Waals surface area contributed by atoms with E-state index in [1.807, 2.05) is 16.7 Å². The van der Waals surface area contributed by atoms with Gasteiger partial charge in [-0.2, -0.15) is 21.2 Å². The summed E-state index contributed by atoms with van der Waals surface area (Å²) in [7, 11) is -2.20. The lowest BCUT2D eigenvalue weighted by atomic mass is 10.1. The van der Waals surface area contributed by atoms with E-state index >= 15 is 0 Å². The van der Waals surface area contributed by atoms with Gasteiger partial charge in [0.1, 0.15) is 16.3 Å². The predicted octanol–water partition coefficient (Wildman–Crippen LogP) is 2.45. The number of aromatic amines is 1. The zero-order valence-corrected chi connectivity index (χ0v) is 18.6. The molecular weight excluding hydrogens is 424 g/mol. The average Bonchev–Trinajstić information content (AvgIpc) is 3.29. The number of nitrogens with zero attached hydrogens (tertiary/aromatic N) is 3. The molecule has 8 nitrogen and oxygen atoms in total. The molecule has 2 aromatic rings. The number of rotatable bonds is 5. The summed E-state index contributed by atoms with van der Waals surface area (Å²) < 4.78 is 33.3. The van der Waals surface area contributed by atoms with Gasteiger partial charge in [-0.15, -0.1) is 0 Å². The molecule has 4 rings (SSSR count). The van der Waals surface area contributed by atoms with E-state index in [9.17, 15) is 13.2 Å². The third-order valence-electron chi connectivity index (χ3n) is 5.50. The summed E-state index contributed by atoms with van der Waals surface area (Å²) >= 11 is 1.84. The molecule has 3 heterocycles. The van der Waals surface area contributed by atoms with Gasteiger partial charge in [0, 0.05) is 43.2 Å².